The zero-order valence-corrected chi connectivity index (χ0v) is 63.5. The molecule has 0 unspecified atom stereocenters. The van der Waals surface area contributed by atoms with Crippen LogP contribution in [0.5, 0.6) is 23.0 Å². The van der Waals surface area contributed by atoms with Gasteiger partial charge < -0.3 is 18.8 Å². The molecule has 5 aliphatic rings. The summed E-state index contributed by atoms with van der Waals surface area (Å²) >= 11 is 6.10. The highest BCUT2D eigenvalue weighted by Crippen LogP contribution is 2.65. The van der Waals surface area contributed by atoms with Gasteiger partial charge in [-0.05, 0) is 155 Å². The Morgan fingerprint density at radius 1 is 0.281 bits per heavy atom. The lowest BCUT2D eigenvalue weighted by Crippen LogP contribution is -2.41. The second-order valence-electron chi connectivity index (χ2n) is 30.1. The van der Waals surface area contributed by atoms with Crippen LogP contribution in [0.3, 0.4) is 0 Å². The van der Waals surface area contributed by atoms with Gasteiger partial charge in [0.2, 0.25) is 0 Å². The Morgan fingerprint density at radius 2 is 0.596 bits per heavy atom. The Bertz CT molecular complexity index is 6360. The van der Waals surface area contributed by atoms with E-state index in [0.29, 0.717) is 27.9 Å². The molecule has 14 aromatic carbocycles. The first-order valence-electron chi connectivity index (χ1n) is 38.1. The Kier molecular flexibility index (Phi) is 17.6. The molecule has 0 atom stereocenters. The van der Waals surface area contributed by atoms with E-state index in [1.54, 1.807) is 6.07 Å². The Hall–Kier alpha value is -13.9. The maximum atomic E-state index is 9.64. The minimum atomic E-state index is -0.599. The van der Waals surface area contributed by atoms with Gasteiger partial charge in [-0.15, -0.1) is 0 Å². The molecule has 21 rings (SSSR count). The van der Waals surface area contributed by atoms with E-state index < -0.39 is 29.2 Å². The summed E-state index contributed by atoms with van der Waals surface area (Å²) in [5.41, 5.74) is 25.7. The highest BCUT2D eigenvalue weighted by atomic mass is 35.5. The van der Waals surface area contributed by atoms with Crippen LogP contribution >= 0.6 is 11.6 Å². The van der Waals surface area contributed by atoms with Gasteiger partial charge in [0.15, 0.2) is 11.6 Å². The smallest absolute Gasteiger partial charge is 0.457 e. The van der Waals surface area contributed by atoms with Crippen molar-refractivity contribution in [2.24, 2.45) is 0 Å². The van der Waals surface area contributed by atoms with Crippen LogP contribution in [0, 0.1) is 22.7 Å². The topological polar surface area (TPSA) is 136 Å². The van der Waals surface area contributed by atoms with E-state index in [-0.39, 0.29) is 0 Å². The number of hydrogen-bond acceptors (Lipinski definition) is 10. The SMILES string of the molecule is CC1(C)OB(c2ccc3c(c2)Oc2cc(-c4cccc(C#N)c4)ccc2C32c3ccccc3-c3ccccc32)OC1(C)C.Clc1cc(-c2ccccc2)nc(-c2ccccc2)n1.N#Cc1cccc(-c2ccc3c(c2)Oc2cc(-c4cc(-c5ccccc5)nc(-c5ccccc5)n4)ccc2C32c3ccccc3-c3ccccc32)c1. The fourth-order valence-electron chi connectivity index (χ4n) is 17.0. The minimum absolute atomic E-state index is 0.446. The second kappa shape index (κ2) is 28.4. The third kappa shape index (κ3) is 12.0. The first kappa shape index (κ1) is 70.5. The number of benzene rings is 14. The maximum absolute atomic E-state index is 9.64. The van der Waals surface area contributed by atoms with Crippen LogP contribution in [-0.2, 0) is 20.1 Å². The molecular weight excluding hydrogens is 1420 g/mol. The van der Waals surface area contributed by atoms with E-state index in [9.17, 15) is 10.5 Å². The van der Waals surface area contributed by atoms with E-state index in [4.69, 9.17) is 40.4 Å². The minimum Gasteiger partial charge on any atom is -0.457 e. The van der Waals surface area contributed by atoms with Crippen LogP contribution in [0.15, 0.2) is 352 Å². The molecule has 1 saturated heterocycles. The molecule has 1 fully saturated rings. The van der Waals surface area contributed by atoms with Crippen LogP contribution in [0.25, 0.3) is 101 Å². The molecule has 10 nitrogen and oxygen atoms in total. The Labute approximate surface area is 667 Å². The largest absolute Gasteiger partial charge is 0.494 e. The molecular formula is C102H70BClN6O4. The summed E-state index contributed by atoms with van der Waals surface area (Å²) in [4.78, 5) is 19.0. The number of nitriles is 2. The Balaban J connectivity index is 0.000000126. The van der Waals surface area contributed by atoms with Gasteiger partial charge >= 0.3 is 7.12 Å². The molecule has 0 N–H and O–H groups in total. The highest BCUT2D eigenvalue weighted by molar-refractivity contribution is 6.62. The quantitative estimate of drug-likeness (QED) is 0.107. The van der Waals surface area contributed by atoms with Crippen molar-refractivity contribution < 1.29 is 18.8 Å². The van der Waals surface area contributed by atoms with Gasteiger partial charge in [0.05, 0.1) is 62.4 Å². The molecule has 2 aromatic heterocycles. The summed E-state index contributed by atoms with van der Waals surface area (Å²) in [6, 6.07) is 125. The predicted molar refractivity (Wildman–Crippen MR) is 453 cm³/mol. The summed E-state index contributed by atoms with van der Waals surface area (Å²) in [5.74, 6) is 4.46. The number of aromatic nitrogens is 4. The zero-order valence-electron chi connectivity index (χ0n) is 62.8. The van der Waals surface area contributed by atoms with Gasteiger partial charge in [0.1, 0.15) is 28.2 Å². The zero-order chi connectivity index (χ0) is 77.3. The molecule has 0 bridgehead atoms. The van der Waals surface area contributed by atoms with Crippen molar-refractivity contribution in [1.29, 1.82) is 10.5 Å². The molecule has 0 saturated carbocycles. The van der Waals surface area contributed by atoms with Gasteiger partial charge in [-0.1, -0.05) is 303 Å². The van der Waals surface area contributed by atoms with Gasteiger partial charge in [-0.3, -0.25) is 0 Å². The molecule has 0 amide bonds. The molecule has 3 aliphatic heterocycles. The summed E-state index contributed by atoms with van der Waals surface area (Å²) in [7, 11) is -0.501. The predicted octanol–water partition coefficient (Wildman–Crippen LogP) is 23.9. The van der Waals surface area contributed by atoms with Crippen LogP contribution in [0.4, 0.5) is 0 Å². The van der Waals surface area contributed by atoms with Crippen molar-refractivity contribution in [3.63, 3.8) is 0 Å². The van der Waals surface area contributed by atoms with Crippen molar-refractivity contribution >= 4 is 24.2 Å². The number of hydrogen-bond donors (Lipinski definition) is 0. The maximum Gasteiger partial charge on any atom is 0.494 e. The molecule has 16 aromatic rings. The number of halogens is 1. The number of nitrogens with zero attached hydrogens (tertiary/aromatic N) is 6. The van der Waals surface area contributed by atoms with Gasteiger partial charge in [-0.25, -0.2) is 19.9 Å². The third-order valence-electron chi connectivity index (χ3n) is 23.0. The average Bonchev–Trinajstić information content (AvgIpc) is 1.50. The monoisotopic (exact) mass is 1490 g/mol. The van der Waals surface area contributed by atoms with Crippen LogP contribution < -0.4 is 14.9 Å². The van der Waals surface area contributed by atoms with E-state index in [1.807, 2.05) is 158 Å². The third-order valence-corrected chi connectivity index (χ3v) is 23.2. The first-order chi connectivity index (χ1) is 55.8. The fraction of sp³-hybridized carbons (Fsp3) is 0.0784. The molecule has 5 heterocycles. The molecule has 2 spiro atoms. The highest BCUT2D eigenvalue weighted by Gasteiger charge is 2.55. The van der Waals surface area contributed by atoms with E-state index in [0.717, 1.165) is 118 Å². The van der Waals surface area contributed by atoms with Crippen molar-refractivity contribution in [2.75, 3.05) is 0 Å². The standard InChI is InChI=1S/C48H29N3O.C38H30BNO3.C16H11ClN2/c49-30-31-12-11-17-34(26-31)35-22-24-41-45(27-35)52-46-28-36(23-25-42(46)48(41)39-20-9-7-18-37(39)38-19-8-10-21-40(38)48)44-29-43(32-13-3-1-4-14-32)50-47(51-44)33-15-5-2-6-16-33;1-36(2)37(3,4)43-39(42-36)27-17-19-33-35(22-27)41-34-21-26(25-11-9-10-24(20-25)23-40)16-18-32(34)38(33)30-14-7-5-12-28(30)29-13-6-8-15-31(29)38;17-15-11-14(12-7-3-1-4-8-12)18-16(19-15)13-9-5-2-6-10-13/h1-29H;5-22H,1-4H3;1-11H. The van der Waals surface area contributed by atoms with Gasteiger partial charge in [-0.2, -0.15) is 10.5 Å². The van der Waals surface area contributed by atoms with Crippen molar-refractivity contribution in [3.8, 4) is 136 Å². The Morgan fingerprint density at radius 3 is 1.01 bits per heavy atom. The van der Waals surface area contributed by atoms with E-state index >= 15 is 0 Å². The lowest BCUT2D eigenvalue weighted by atomic mass is 9.65. The molecule has 542 valence electrons. The van der Waals surface area contributed by atoms with Crippen molar-refractivity contribution in [3.05, 3.63) is 413 Å². The normalized spacial score (nSPS) is 14.3. The van der Waals surface area contributed by atoms with Crippen molar-refractivity contribution in [1.82, 2.24) is 19.9 Å². The van der Waals surface area contributed by atoms with Gasteiger partial charge in [0.25, 0.3) is 0 Å². The number of ether oxygens (including phenoxy) is 2. The molecule has 12 heteroatoms. The summed E-state index contributed by atoms with van der Waals surface area (Å²) in [6.07, 6.45) is 0. The molecule has 2 aliphatic carbocycles. The summed E-state index contributed by atoms with van der Waals surface area (Å²) < 4.78 is 26.7. The van der Waals surface area contributed by atoms with E-state index in [1.165, 1.54) is 44.5 Å². The summed E-state index contributed by atoms with van der Waals surface area (Å²) in [5, 5.41) is 19.6. The number of rotatable bonds is 8. The van der Waals surface area contributed by atoms with Crippen LogP contribution in [0.2, 0.25) is 5.15 Å². The number of fused-ring (bicyclic) bond motifs is 18. The lowest BCUT2D eigenvalue weighted by Gasteiger charge is -2.39. The summed E-state index contributed by atoms with van der Waals surface area (Å²) in [6.45, 7) is 8.29. The fourth-order valence-corrected chi connectivity index (χ4v) is 17.2. The molecule has 114 heavy (non-hydrogen) atoms. The van der Waals surface area contributed by atoms with Gasteiger partial charge in [0, 0.05) is 56.1 Å². The lowest BCUT2D eigenvalue weighted by molar-refractivity contribution is 0.00578. The van der Waals surface area contributed by atoms with Crippen LogP contribution in [0.1, 0.15) is 83.3 Å². The van der Waals surface area contributed by atoms with Crippen LogP contribution in [-0.4, -0.2) is 38.3 Å². The average molecular weight is 1490 g/mol. The van der Waals surface area contributed by atoms with E-state index in [2.05, 4.69) is 238 Å². The van der Waals surface area contributed by atoms with Crippen molar-refractivity contribution in [2.45, 2.75) is 49.7 Å². The first-order valence-corrected chi connectivity index (χ1v) is 38.5. The second-order valence-corrected chi connectivity index (χ2v) is 30.5. The molecule has 0 radical (unpaired) electrons.